The van der Waals surface area contributed by atoms with Gasteiger partial charge in [0.15, 0.2) is 5.82 Å². The highest BCUT2D eigenvalue weighted by Crippen LogP contribution is 2.15. The van der Waals surface area contributed by atoms with Gasteiger partial charge in [0.1, 0.15) is 0 Å². The molecule has 1 aromatic carbocycles. The zero-order valence-corrected chi connectivity index (χ0v) is 10.7. The van der Waals surface area contributed by atoms with Gasteiger partial charge in [0.05, 0.1) is 5.75 Å². The highest BCUT2D eigenvalue weighted by molar-refractivity contribution is 7.97. The van der Waals surface area contributed by atoms with Crippen molar-refractivity contribution in [2.24, 2.45) is 0 Å². The fourth-order valence-electron chi connectivity index (χ4n) is 1.55. The average Bonchev–Trinajstić information content (AvgIpc) is 2.79. The van der Waals surface area contributed by atoms with E-state index in [1.807, 2.05) is 22.5 Å². The van der Waals surface area contributed by atoms with Crippen LogP contribution in [-0.2, 0) is 18.1 Å². The molecule has 0 saturated heterocycles. The topological polar surface area (TPSA) is 43.6 Å². The zero-order chi connectivity index (χ0) is 11.9. The maximum absolute atomic E-state index is 4.05. The highest BCUT2D eigenvalue weighted by Gasteiger charge is 2.04. The SMILES string of the molecule is CCCn1nnnc1CSCc1ccccc1. The first-order valence-corrected chi connectivity index (χ1v) is 6.92. The standard InChI is InChI=1S/C12H16N4S/c1-2-8-16-12(13-14-15-16)10-17-9-11-6-4-3-5-7-11/h3-7H,2,8-10H2,1H3. The molecule has 0 saturated carbocycles. The number of aryl methyl sites for hydroxylation is 1. The van der Waals surface area contributed by atoms with Crippen molar-refractivity contribution in [2.75, 3.05) is 0 Å². The fraction of sp³-hybridized carbons (Fsp3) is 0.417. The monoisotopic (exact) mass is 248 g/mol. The van der Waals surface area contributed by atoms with Crippen LogP contribution in [0.25, 0.3) is 0 Å². The minimum absolute atomic E-state index is 0.863. The quantitative estimate of drug-likeness (QED) is 0.788. The molecule has 17 heavy (non-hydrogen) atoms. The molecule has 5 heteroatoms. The Morgan fingerprint density at radius 3 is 2.76 bits per heavy atom. The van der Waals surface area contributed by atoms with E-state index in [1.54, 1.807) is 0 Å². The van der Waals surface area contributed by atoms with Crippen molar-refractivity contribution >= 4 is 11.8 Å². The largest absolute Gasteiger partial charge is 0.229 e. The minimum atomic E-state index is 0.863. The lowest BCUT2D eigenvalue weighted by Crippen LogP contribution is -2.04. The van der Waals surface area contributed by atoms with Gasteiger partial charge in [-0.1, -0.05) is 37.3 Å². The van der Waals surface area contributed by atoms with Gasteiger partial charge in [-0.05, 0) is 22.4 Å². The van der Waals surface area contributed by atoms with E-state index in [0.29, 0.717) is 0 Å². The number of hydrogen-bond acceptors (Lipinski definition) is 4. The van der Waals surface area contributed by atoms with Crippen LogP contribution in [0.2, 0.25) is 0 Å². The Morgan fingerprint density at radius 1 is 1.18 bits per heavy atom. The highest BCUT2D eigenvalue weighted by atomic mass is 32.2. The van der Waals surface area contributed by atoms with Gasteiger partial charge in [-0.3, -0.25) is 0 Å². The summed E-state index contributed by atoms with van der Waals surface area (Å²) >= 11 is 1.84. The summed E-state index contributed by atoms with van der Waals surface area (Å²) in [6.07, 6.45) is 1.06. The van der Waals surface area contributed by atoms with Crippen molar-refractivity contribution in [2.45, 2.75) is 31.4 Å². The second kappa shape index (κ2) is 6.39. The van der Waals surface area contributed by atoms with Gasteiger partial charge in [-0.2, -0.15) is 0 Å². The molecule has 0 N–H and O–H groups in total. The molecule has 0 amide bonds. The Balaban J connectivity index is 1.84. The second-order valence-electron chi connectivity index (χ2n) is 3.80. The van der Waals surface area contributed by atoms with Crippen LogP contribution in [0.15, 0.2) is 30.3 Å². The normalized spacial score (nSPS) is 10.6. The average molecular weight is 248 g/mol. The van der Waals surface area contributed by atoms with Crippen LogP contribution in [0.5, 0.6) is 0 Å². The molecule has 0 radical (unpaired) electrons. The molecule has 0 aliphatic carbocycles. The van der Waals surface area contributed by atoms with E-state index in [0.717, 1.165) is 30.3 Å². The summed E-state index contributed by atoms with van der Waals surface area (Å²) < 4.78 is 1.89. The predicted molar refractivity (Wildman–Crippen MR) is 69.5 cm³/mol. The van der Waals surface area contributed by atoms with Crippen LogP contribution < -0.4 is 0 Å². The van der Waals surface area contributed by atoms with Crippen molar-refractivity contribution in [1.82, 2.24) is 20.2 Å². The Kier molecular flexibility index (Phi) is 4.55. The Labute approximate surface area is 105 Å². The molecule has 1 heterocycles. The van der Waals surface area contributed by atoms with Crippen LogP contribution in [-0.4, -0.2) is 20.2 Å². The molecule has 4 nitrogen and oxygen atoms in total. The van der Waals surface area contributed by atoms with Gasteiger partial charge in [0, 0.05) is 12.3 Å². The van der Waals surface area contributed by atoms with Gasteiger partial charge >= 0.3 is 0 Å². The predicted octanol–water partition coefficient (Wildman–Crippen LogP) is 2.52. The lowest BCUT2D eigenvalue weighted by Gasteiger charge is -2.03. The van der Waals surface area contributed by atoms with Crippen molar-refractivity contribution in [3.63, 3.8) is 0 Å². The van der Waals surface area contributed by atoms with E-state index >= 15 is 0 Å². The van der Waals surface area contributed by atoms with Gasteiger partial charge in [-0.25, -0.2) is 4.68 Å². The molecule has 0 aliphatic heterocycles. The number of rotatable bonds is 6. The summed E-state index contributed by atoms with van der Waals surface area (Å²) in [5.74, 6) is 2.83. The number of tetrazole rings is 1. The summed E-state index contributed by atoms with van der Waals surface area (Å²) in [5.41, 5.74) is 1.34. The first-order chi connectivity index (χ1) is 8.40. The zero-order valence-electron chi connectivity index (χ0n) is 9.91. The second-order valence-corrected chi connectivity index (χ2v) is 4.78. The van der Waals surface area contributed by atoms with E-state index < -0.39 is 0 Å². The van der Waals surface area contributed by atoms with Crippen LogP contribution in [0, 0.1) is 0 Å². The van der Waals surface area contributed by atoms with E-state index in [4.69, 9.17) is 0 Å². The van der Waals surface area contributed by atoms with Gasteiger partial charge in [0.25, 0.3) is 0 Å². The number of thioether (sulfide) groups is 1. The lowest BCUT2D eigenvalue weighted by molar-refractivity contribution is 0.564. The number of benzene rings is 1. The first-order valence-electron chi connectivity index (χ1n) is 5.77. The maximum atomic E-state index is 4.05. The van der Waals surface area contributed by atoms with Crippen molar-refractivity contribution in [3.8, 4) is 0 Å². The van der Waals surface area contributed by atoms with E-state index in [9.17, 15) is 0 Å². The molecule has 0 spiro atoms. The molecule has 90 valence electrons. The maximum Gasteiger partial charge on any atom is 0.161 e. The van der Waals surface area contributed by atoms with Gasteiger partial charge < -0.3 is 0 Å². The van der Waals surface area contributed by atoms with Gasteiger partial charge in [-0.15, -0.1) is 16.9 Å². The van der Waals surface area contributed by atoms with Crippen molar-refractivity contribution in [3.05, 3.63) is 41.7 Å². The summed E-state index contributed by atoms with van der Waals surface area (Å²) in [4.78, 5) is 0. The Morgan fingerprint density at radius 2 is 2.00 bits per heavy atom. The molecule has 0 bridgehead atoms. The Hall–Kier alpha value is -1.36. The molecular weight excluding hydrogens is 232 g/mol. The fourth-order valence-corrected chi connectivity index (χ4v) is 2.47. The van der Waals surface area contributed by atoms with Crippen molar-refractivity contribution in [1.29, 1.82) is 0 Å². The summed E-state index contributed by atoms with van der Waals surface area (Å²) in [6, 6.07) is 10.5. The molecule has 0 atom stereocenters. The summed E-state index contributed by atoms with van der Waals surface area (Å²) in [7, 11) is 0. The Bertz CT molecular complexity index is 441. The lowest BCUT2D eigenvalue weighted by atomic mass is 10.2. The van der Waals surface area contributed by atoms with Gasteiger partial charge in [0.2, 0.25) is 0 Å². The van der Waals surface area contributed by atoms with Crippen LogP contribution >= 0.6 is 11.8 Å². The molecule has 0 fully saturated rings. The van der Waals surface area contributed by atoms with Crippen LogP contribution in [0.1, 0.15) is 24.7 Å². The summed E-state index contributed by atoms with van der Waals surface area (Å²) in [5, 5.41) is 11.7. The number of aromatic nitrogens is 4. The molecule has 1 aromatic heterocycles. The molecule has 0 unspecified atom stereocenters. The van der Waals surface area contributed by atoms with Crippen LogP contribution in [0.4, 0.5) is 0 Å². The molecular formula is C12H16N4S. The van der Waals surface area contributed by atoms with E-state index in [1.165, 1.54) is 5.56 Å². The number of hydrogen-bond donors (Lipinski definition) is 0. The third kappa shape index (κ3) is 3.56. The minimum Gasteiger partial charge on any atom is -0.229 e. The molecule has 2 rings (SSSR count). The molecule has 2 aromatic rings. The van der Waals surface area contributed by atoms with Crippen molar-refractivity contribution < 1.29 is 0 Å². The number of nitrogens with zero attached hydrogens (tertiary/aromatic N) is 4. The van der Waals surface area contributed by atoms with E-state index in [2.05, 4.69) is 46.7 Å². The molecule has 0 aliphatic rings. The first kappa shape index (κ1) is 12.1. The third-order valence-electron chi connectivity index (χ3n) is 2.38. The smallest absolute Gasteiger partial charge is 0.161 e. The van der Waals surface area contributed by atoms with Crippen LogP contribution in [0.3, 0.4) is 0 Å². The third-order valence-corrected chi connectivity index (χ3v) is 3.38. The van der Waals surface area contributed by atoms with E-state index in [-0.39, 0.29) is 0 Å². The summed E-state index contributed by atoms with van der Waals surface area (Å²) in [6.45, 7) is 3.02.